The molecule has 6 nitrogen and oxygen atoms in total. The van der Waals surface area contributed by atoms with Crippen LogP contribution in [0.2, 0.25) is 0 Å². The van der Waals surface area contributed by atoms with E-state index >= 15 is 0 Å². The molecule has 2 aliphatic rings. The molecular formula is C26H33F6N5O. The molecule has 4 rings (SSSR count). The van der Waals surface area contributed by atoms with Gasteiger partial charge in [-0.15, -0.1) is 0 Å². The summed E-state index contributed by atoms with van der Waals surface area (Å²) in [4.78, 5) is 13.8. The summed E-state index contributed by atoms with van der Waals surface area (Å²) in [6, 6.07) is 1.66. The summed E-state index contributed by atoms with van der Waals surface area (Å²) in [6.07, 6.45) is -3.14. The number of piperidine rings is 1. The van der Waals surface area contributed by atoms with Crippen LogP contribution in [-0.4, -0.2) is 48.8 Å². The fourth-order valence-electron chi connectivity index (χ4n) is 5.24. The second-order valence-electron chi connectivity index (χ2n) is 9.94. The Morgan fingerprint density at radius 2 is 1.66 bits per heavy atom. The lowest BCUT2D eigenvalue weighted by Gasteiger charge is -2.30. The third kappa shape index (κ3) is 6.69. The van der Waals surface area contributed by atoms with Crippen molar-refractivity contribution < 1.29 is 31.1 Å². The van der Waals surface area contributed by atoms with E-state index in [2.05, 4.69) is 20.1 Å². The van der Waals surface area contributed by atoms with Crippen molar-refractivity contribution in [3.63, 3.8) is 0 Å². The van der Waals surface area contributed by atoms with Gasteiger partial charge in [0, 0.05) is 57.1 Å². The average Bonchev–Trinajstić information content (AvgIpc) is 3.30. The van der Waals surface area contributed by atoms with Crippen molar-refractivity contribution in [2.45, 2.75) is 76.6 Å². The predicted molar refractivity (Wildman–Crippen MR) is 132 cm³/mol. The number of aromatic nitrogens is 2. The third-order valence-corrected chi connectivity index (χ3v) is 7.17. The summed E-state index contributed by atoms with van der Waals surface area (Å²) < 4.78 is 84.9. The molecule has 2 atom stereocenters. The molecule has 210 valence electrons. The summed E-state index contributed by atoms with van der Waals surface area (Å²) >= 11 is 0. The minimum atomic E-state index is -4.87. The molecule has 0 radical (unpaired) electrons. The molecule has 3 heterocycles. The van der Waals surface area contributed by atoms with E-state index in [1.165, 1.54) is 6.42 Å². The Bertz CT molecular complexity index is 1050. The van der Waals surface area contributed by atoms with Gasteiger partial charge < -0.3 is 19.9 Å². The quantitative estimate of drug-likeness (QED) is 0.424. The number of benzene rings is 1. The highest BCUT2D eigenvalue weighted by atomic mass is 19.4. The van der Waals surface area contributed by atoms with Gasteiger partial charge in [0.05, 0.1) is 17.7 Å². The van der Waals surface area contributed by atoms with Crippen molar-refractivity contribution in [2.75, 3.05) is 36.5 Å². The minimum absolute atomic E-state index is 0.0619. The Kier molecular flexibility index (Phi) is 8.71. The normalized spacial score (nSPS) is 20.8. The molecule has 2 saturated heterocycles. The van der Waals surface area contributed by atoms with Gasteiger partial charge in [0.2, 0.25) is 5.95 Å². The van der Waals surface area contributed by atoms with Crippen LogP contribution >= 0.6 is 0 Å². The fraction of sp³-hybridized carbons (Fsp3) is 0.615. The van der Waals surface area contributed by atoms with E-state index < -0.39 is 23.5 Å². The van der Waals surface area contributed by atoms with E-state index in [0.29, 0.717) is 25.5 Å². The number of hydrogen-bond acceptors (Lipinski definition) is 6. The third-order valence-electron chi connectivity index (χ3n) is 7.17. The van der Waals surface area contributed by atoms with E-state index in [1.807, 2.05) is 6.92 Å². The molecule has 0 spiro atoms. The lowest BCUT2D eigenvalue weighted by Crippen LogP contribution is -2.35. The number of halogens is 6. The standard InChI is InChI=1S/C26H33F6N5O/c1-3-22-12-21(33-13-17-9-19(25(27,28)29)11-20(10-17)26(30,31)32)15-37(22)23-18(16-38-2)14-34-24(35-23)36-7-5-4-6-8-36/h9-11,14,21-22,33H,3-8,12-13,15-16H2,1-2H3/t21-,22?/m0/s1. The molecule has 1 aromatic heterocycles. The van der Waals surface area contributed by atoms with Gasteiger partial charge in [0.1, 0.15) is 5.82 Å². The van der Waals surface area contributed by atoms with E-state index in [9.17, 15) is 26.3 Å². The molecule has 1 unspecified atom stereocenters. The zero-order chi connectivity index (χ0) is 27.5. The Labute approximate surface area is 218 Å². The summed E-state index contributed by atoms with van der Waals surface area (Å²) in [6.45, 7) is 4.55. The molecule has 0 amide bonds. The van der Waals surface area contributed by atoms with Crippen LogP contribution in [0.25, 0.3) is 0 Å². The maximum Gasteiger partial charge on any atom is 0.416 e. The van der Waals surface area contributed by atoms with Crippen LogP contribution in [0.5, 0.6) is 0 Å². The van der Waals surface area contributed by atoms with Gasteiger partial charge in [-0.05, 0) is 55.9 Å². The maximum atomic E-state index is 13.3. The summed E-state index contributed by atoms with van der Waals surface area (Å²) in [5.41, 5.74) is -1.84. The molecule has 2 fully saturated rings. The fourth-order valence-corrected chi connectivity index (χ4v) is 5.24. The number of nitrogens with zero attached hydrogens (tertiary/aromatic N) is 4. The van der Waals surface area contributed by atoms with Gasteiger partial charge in [-0.2, -0.15) is 31.3 Å². The highest BCUT2D eigenvalue weighted by molar-refractivity contribution is 5.52. The number of anilines is 2. The molecule has 12 heteroatoms. The molecule has 0 saturated carbocycles. The SMILES string of the molecule is CCC1C[C@H](NCc2cc(C(F)(F)F)cc(C(F)(F)F)c2)CN1c1nc(N2CCCCC2)ncc1COC. The Balaban J connectivity index is 1.54. The van der Waals surface area contributed by atoms with Crippen LogP contribution in [-0.2, 0) is 30.2 Å². The summed E-state index contributed by atoms with van der Waals surface area (Å²) in [5, 5.41) is 3.19. The molecule has 0 bridgehead atoms. The number of methoxy groups -OCH3 is 1. The number of hydrogen-bond donors (Lipinski definition) is 1. The summed E-state index contributed by atoms with van der Waals surface area (Å²) in [5.74, 6) is 1.42. The van der Waals surface area contributed by atoms with Crippen molar-refractivity contribution in [3.05, 3.63) is 46.6 Å². The molecular weight excluding hydrogens is 512 g/mol. The molecule has 2 aromatic rings. The van der Waals surface area contributed by atoms with Gasteiger partial charge in [-0.1, -0.05) is 6.92 Å². The first-order valence-electron chi connectivity index (χ1n) is 12.9. The van der Waals surface area contributed by atoms with Crippen LogP contribution < -0.4 is 15.1 Å². The zero-order valence-electron chi connectivity index (χ0n) is 21.5. The molecule has 1 N–H and O–H groups in total. The summed E-state index contributed by atoms with van der Waals surface area (Å²) in [7, 11) is 1.60. The topological polar surface area (TPSA) is 53.5 Å². The van der Waals surface area contributed by atoms with Gasteiger partial charge in [-0.25, -0.2) is 4.98 Å². The van der Waals surface area contributed by atoms with Gasteiger partial charge in [0.25, 0.3) is 0 Å². The van der Waals surface area contributed by atoms with Crippen molar-refractivity contribution in [3.8, 4) is 0 Å². The Hall–Kier alpha value is -2.60. The van der Waals surface area contributed by atoms with Crippen LogP contribution in [0.1, 0.15) is 61.3 Å². The first kappa shape index (κ1) is 28.4. The Morgan fingerprint density at radius 1 is 1.00 bits per heavy atom. The van der Waals surface area contributed by atoms with Gasteiger partial charge in [-0.3, -0.25) is 0 Å². The molecule has 2 aliphatic heterocycles. The van der Waals surface area contributed by atoms with Crippen molar-refractivity contribution in [1.29, 1.82) is 0 Å². The molecule has 1 aromatic carbocycles. The maximum absolute atomic E-state index is 13.3. The average molecular weight is 546 g/mol. The minimum Gasteiger partial charge on any atom is -0.380 e. The van der Waals surface area contributed by atoms with Crippen molar-refractivity contribution in [1.82, 2.24) is 15.3 Å². The van der Waals surface area contributed by atoms with Crippen molar-refractivity contribution >= 4 is 11.8 Å². The van der Waals surface area contributed by atoms with E-state index in [4.69, 9.17) is 9.72 Å². The molecule has 0 aliphatic carbocycles. The second kappa shape index (κ2) is 11.6. The molecule has 38 heavy (non-hydrogen) atoms. The van der Waals surface area contributed by atoms with Crippen LogP contribution in [0.15, 0.2) is 24.4 Å². The second-order valence-corrected chi connectivity index (χ2v) is 9.94. The highest BCUT2D eigenvalue weighted by Crippen LogP contribution is 2.37. The first-order chi connectivity index (χ1) is 18.0. The first-order valence-corrected chi connectivity index (χ1v) is 12.9. The number of nitrogens with one attached hydrogen (secondary N) is 1. The zero-order valence-corrected chi connectivity index (χ0v) is 21.5. The van der Waals surface area contributed by atoms with Gasteiger partial charge >= 0.3 is 12.4 Å². The van der Waals surface area contributed by atoms with E-state index in [1.54, 1.807) is 13.3 Å². The van der Waals surface area contributed by atoms with E-state index in [0.717, 1.165) is 55.9 Å². The van der Waals surface area contributed by atoms with Crippen LogP contribution in [0.4, 0.5) is 38.1 Å². The lowest BCUT2D eigenvalue weighted by molar-refractivity contribution is -0.143. The smallest absolute Gasteiger partial charge is 0.380 e. The number of rotatable bonds is 8. The highest BCUT2D eigenvalue weighted by Gasteiger charge is 2.37. The number of alkyl halides is 6. The van der Waals surface area contributed by atoms with Crippen LogP contribution in [0, 0.1) is 0 Å². The van der Waals surface area contributed by atoms with E-state index in [-0.39, 0.29) is 30.3 Å². The largest absolute Gasteiger partial charge is 0.416 e. The number of ether oxygens (including phenoxy) is 1. The monoisotopic (exact) mass is 545 g/mol. The van der Waals surface area contributed by atoms with Crippen LogP contribution in [0.3, 0.4) is 0 Å². The van der Waals surface area contributed by atoms with Gasteiger partial charge in [0.15, 0.2) is 0 Å². The lowest BCUT2D eigenvalue weighted by atomic mass is 10.0. The predicted octanol–water partition coefficient (Wildman–Crippen LogP) is 5.80. The Morgan fingerprint density at radius 3 is 2.24 bits per heavy atom. The van der Waals surface area contributed by atoms with Crippen molar-refractivity contribution in [2.24, 2.45) is 0 Å².